The van der Waals surface area contributed by atoms with Crippen LogP contribution < -0.4 is 4.90 Å². The van der Waals surface area contributed by atoms with Gasteiger partial charge in [-0.05, 0) is 31.5 Å². The zero-order chi connectivity index (χ0) is 19.5. The van der Waals surface area contributed by atoms with Crippen LogP contribution in [0.3, 0.4) is 0 Å². The van der Waals surface area contributed by atoms with Gasteiger partial charge >= 0.3 is 6.18 Å². The molecule has 0 N–H and O–H groups in total. The standard InChI is InChI=1S/C17H23F3N2O3S/c1-3-11-26(24,25)13(2)16(23)22-9-7-21(8-10-22)15-6-4-5-14(12-15)17(18,19)20/h4-6,12-13H,3,7-11H2,1-2H3/t13-/m1/s1. The molecule has 2 rings (SSSR count). The van der Waals surface area contributed by atoms with Gasteiger partial charge < -0.3 is 9.80 Å². The summed E-state index contributed by atoms with van der Waals surface area (Å²) in [7, 11) is -3.48. The van der Waals surface area contributed by atoms with Crippen LogP contribution in [0.25, 0.3) is 0 Å². The van der Waals surface area contributed by atoms with E-state index in [9.17, 15) is 26.4 Å². The van der Waals surface area contributed by atoms with Gasteiger partial charge in [0.15, 0.2) is 9.84 Å². The van der Waals surface area contributed by atoms with Crippen LogP contribution in [0.4, 0.5) is 18.9 Å². The lowest BCUT2D eigenvalue weighted by Crippen LogP contribution is -2.52. The lowest BCUT2D eigenvalue weighted by Gasteiger charge is -2.37. The Kier molecular flexibility index (Phi) is 6.21. The Morgan fingerprint density at radius 2 is 1.81 bits per heavy atom. The second kappa shape index (κ2) is 7.85. The van der Waals surface area contributed by atoms with E-state index in [4.69, 9.17) is 0 Å². The van der Waals surface area contributed by atoms with Crippen molar-refractivity contribution in [2.45, 2.75) is 31.7 Å². The van der Waals surface area contributed by atoms with E-state index in [1.54, 1.807) is 17.9 Å². The number of alkyl halides is 3. The third-order valence-electron chi connectivity index (χ3n) is 4.51. The largest absolute Gasteiger partial charge is 0.416 e. The molecule has 0 spiro atoms. The number of piperazine rings is 1. The van der Waals surface area contributed by atoms with E-state index in [0.29, 0.717) is 25.2 Å². The van der Waals surface area contributed by atoms with Gasteiger partial charge in [0.2, 0.25) is 5.91 Å². The fourth-order valence-corrected chi connectivity index (χ4v) is 4.31. The minimum absolute atomic E-state index is 0.0376. The molecule has 0 aliphatic carbocycles. The second-order valence-electron chi connectivity index (χ2n) is 6.37. The highest BCUT2D eigenvalue weighted by Crippen LogP contribution is 2.31. The summed E-state index contributed by atoms with van der Waals surface area (Å²) in [5, 5.41) is -1.09. The summed E-state index contributed by atoms with van der Waals surface area (Å²) in [6.45, 7) is 4.40. The Balaban J connectivity index is 2.02. The van der Waals surface area contributed by atoms with E-state index < -0.39 is 32.7 Å². The first-order valence-corrected chi connectivity index (χ1v) is 10.2. The number of hydrogen-bond acceptors (Lipinski definition) is 4. The number of sulfone groups is 1. The first kappa shape index (κ1) is 20.5. The third-order valence-corrected chi connectivity index (χ3v) is 6.76. The molecular formula is C17H23F3N2O3S. The molecule has 26 heavy (non-hydrogen) atoms. The van der Waals surface area contributed by atoms with Crippen molar-refractivity contribution in [1.82, 2.24) is 4.90 Å². The summed E-state index contributed by atoms with van der Waals surface area (Å²) in [6.07, 6.45) is -3.96. The highest BCUT2D eigenvalue weighted by molar-refractivity contribution is 7.92. The number of benzene rings is 1. The molecule has 1 atom stereocenters. The monoisotopic (exact) mass is 392 g/mol. The number of halogens is 3. The van der Waals surface area contributed by atoms with Gasteiger partial charge in [-0.3, -0.25) is 4.79 Å². The normalized spacial score (nSPS) is 17.3. The molecule has 9 heteroatoms. The predicted octanol–water partition coefficient (Wildman–Crippen LogP) is 2.57. The number of anilines is 1. The minimum atomic E-state index is -4.41. The number of nitrogens with zero attached hydrogens (tertiary/aromatic N) is 2. The fourth-order valence-electron chi connectivity index (χ4n) is 2.94. The van der Waals surface area contributed by atoms with Crippen LogP contribution in [0.2, 0.25) is 0 Å². The first-order chi connectivity index (χ1) is 12.1. The molecule has 146 valence electrons. The SMILES string of the molecule is CCCS(=O)(=O)[C@H](C)C(=O)N1CCN(c2cccc(C(F)(F)F)c2)CC1. The van der Waals surface area contributed by atoms with Crippen molar-refractivity contribution in [3.63, 3.8) is 0 Å². The van der Waals surface area contributed by atoms with Crippen molar-refractivity contribution in [3.8, 4) is 0 Å². The van der Waals surface area contributed by atoms with Gasteiger partial charge in [0.1, 0.15) is 5.25 Å². The summed E-state index contributed by atoms with van der Waals surface area (Å²) >= 11 is 0. The first-order valence-electron chi connectivity index (χ1n) is 8.49. The summed E-state index contributed by atoms with van der Waals surface area (Å²) in [5.74, 6) is -0.480. The Bertz CT molecular complexity index is 742. The number of carbonyl (C=O) groups excluding carboxylic acids is 1. The van der Waals surface area contributed by atoms with Gasteiger partial charge in [0, 0.05) is 31.9 Å². The van der Waals surface area contributed by atoms with Crippen molar-refractivity contribution in [1.29, 1.82) is 0 Å². The molecule has 5 nitrogen and oxygen atoms in total. The van der Waals surface area contributed by atoms with Crippen molar-refractivity contribution in [2.24, 2.45) is 0 Å². The molecule has 0 unspecified atom stereocenters. The number of carbonyl (C=O) groups is 1. The van der Waals surface area contributed by atoms with E-state index in [0.717, 1.165) is 12.1 Å². The van der Waals surface area contributed by atoms with E-state index in [-0.39, 0.29) is 18.8 Å². The Morgan fingerprint density at radius 1 is 1.19 bits per heavy atom. The molecule has 1 aliphatic rings. The lowest BCUT2D eigenvalue weighted by molar-refractivity contribution is -0.137. The molecule has 1 amide bonds. The summed E-state index contributed by atoms with van der Waals surface area (Å²) in [6, 6.07) is 5.06. The van der Waals surface area contributed by atoms with E-state index >= 15 is 0 Å². The Hall–Kier alpha value is -1.77. The van der Waals surface area contributed by atoms with E-state index in [2.05, 4.69) is 0 Å². The van der Waals surface area contributed by atoms with Gasteiger partial charge in [0.05, 0.1) is 11.3 Å². The number of hydrogen-bond donors (Lipinski definition) is 0. The molecule has 0 radical (unpaired) electrons. The maximum atomic E-state index is 12.8. The topological polar surface area (TPSA) is 57.7 Å². The highest BCUT2D eigenvalue weighted by Gasteiger charge is 2.33. The number of rotatable bonds is 5. The molecular weight excluding hydrogens is 369 g/mol. The molecule has 1 saturated heterocycles. The minimum Gasteiger partial charge on any atom is -0.368 e. The molecule has 1 fully saturated rings. The van der Waals surface area contributed by atoms with Crippen LogP contribution in [-0.2, 0) is 20.8 Å². The smallest absolute Gasteiger partial charge is 0.368 e. The van der Waals surface area contributed by atoms with Crippen LogP contribution in [-0.4, -0.2) is 56.4 Å². The summed E-state index contributed by atoms with van der Waals surface area (Å²) in [4.78, 5) is 15.7. The van der Waals surface area contributed by atoms with Crippen LogP contribution in [0.1, 0.15) is 25.8 Å². The predicted molar refractivity (Wildman–Crippen MR) is 93.8 cm³/mol. The van der Waals surface area contributed by atoms with E-state index in [1.165, 1.54) is 17.9 Å². The molecule has 0 bridgehead atoms. The van der Waals surface area contributed by atoms with Crippen molar-refractivity contribution < 1.29 is 26.4 Å². The van der Waals surface area contributed by atoms with Crippen molar-refractivity contribution >= 4 is 21.4 Å². The maximum Gasteiger partial charge on any atom is 0.416 e. The zero-order valence-corrected chi connectivity index (χ0v) is 15.6. The van der Waals surface area contributed by atoms with Gasteiger partial charge in [-0.25, -0.2) is 8.42 Å². The third kappa shape index (κ3) is 4.69. The molecule has 1 aliphatic heterocycles. The summed E-state index contributed by atoms with van der Waals surface area (Å²) in [5.41, 5.74) is -0.272. The second-order valence-corrected chi connectivity index (χ2v) is 8.81. The van der Waals surface area contributed by atoms with Crippen LogP contribution in [0, 0.1) is 0 Å². The molecule has 0 saturated carbocycles. The average molecular weight is 392 g/mol. The van der Waals surface area contributed by atoms with E-state index in [1.807, 2.05) is 0 Å². The molecule has 1 heterocycles. The lowest BCUT2D eigenvalue weighted by atomic mass is 10.1. The summed E-state index contributed by atoms with van der Waals surface area (Å²) < 4.78 is 62.6. The molecule has 0 aromatic heterocycles. The number of amides is 1. The van der Waals surface area contributed by atoms with Crippen molar-refractivity contribution in [2.75, 3.05) is 36.8 Å². The van der Waals surface area contributed by atoms with Gasteiger partial charge in [-0.15, -0.1) is 0 Å². The molecule has 1 aromatic carbocycles. The van der Waals surface area contributed by atoms with Gasteiger partial charge in [-0.1, -0.05) is 13.0 Å². The van der Waals surface area contributed by atoms with Crippen LogP contribution in [0.5, 0.6) is 0 Å². The van der Waals surface area contributed by atoms with Gasteiger partial charge in [-0.2, -0.15) is 13.2 Å². The van der Waals surface area contributed by atoms with Gasteiger partial charge in [0.25, 0.3) is 0 Å². The van der Waals surface area contributed by atoms with Crippen LogP contribution in [0.15, 0.2) is 24.3 Å². The zero-order valence-electron chi connectivity index (χ0n) is 14.8. The quantitative estimate of drug-likeness (QED) is 0.773. The van der Waals surface area contributed by atoms with Crippen molar-refractivity contribution in [3.05, 3.63) is 29.8 Å². The Morgan fingerprint density at radius 3 is 2.35 bits per heavy atom. The Labute approximate surface area is 151 Å². The fraction of sp³-hybridized carbons (Fsp3) is 0.588. The molecule has 1 aromatic rings. The average Bonchev–Trinajstić information content (AvgIpc) is 2.60. The van der Waals surface area contributed by atoms with Crippen LogP contribution >= 0.6 is 0 Å². The maximum absolute atomic E-state index is 12.8. The highest BCUT2D eigenvalue weighted by atomic mass is 32.2.